The second-order valence-corrected chi connectivity index (χ2v) is 6.28. The Hall–Kier alpha value is -2.12. The lowest BCUT2D eigenvalue weighted by atomic mass is 10.1. The van der Waals surface area contributed by atoms with Crippen molar-refractivity contribution in [3.05, 3.63) is 29.8 Å². The Morgan fingerprint density at radius 1 is 1.12 bits per heavy atom. The predicted octanol–water partition coefficient (Wildman–Crippen LogP) is 1.56. The number of nitrogens with zero attached hydrogens (tertiary/aromatic N) is 1. The standard InChI is InChI=1S/C18H23NO6/c20-17(21)11-14-12-24-10-7-19(14)18(22)13-1-3-15(4-2-13)25-16-5-8-23-9-6-16/h1-4,14,16H,5-12H2,(H,20,21)/t14-/m0/s1. The third-order valence-corrected chi connectivity index (χ3v) is 4.47. The molecule has 0 saturated carbocycles. The molecule has 7 heteroatoms. The lowest BCUT2D eigenvalue weighted by Crippen LogP contribution is -2.49. The van der Waals surface area contributed by atoms with E-state index in [0.717, 1.165) is 18.6 Å². The van der Waals surface area contributed by atoms with Gasteiger partial charge in [0, 0.05) is 24.9 Å². The van der Waals surface area contributed by atoms with E-state index in [4.69, 9.17) is 19.3 Å². The Morgan fingerprint density at radius 3 is 2.52 bits per heavy atom. The van der Waals surface area contributed by atoms with Crippen LogP contribution >= 0.6 is 0 Å². The van der Waals surface area contributed by atoms with Crippen LogP contribution in [0.5, 0.6) is 5.75 Å². The molecule has 2 aliphatic rings. The first-order chi connectivity index (χ1) is 12.1. The fraction of sp³-hybridized carbons (Fsp3) is 0.556. The molecule has 2 fully saturated rings. The first kappa shape index (κ1) is 17.7. The van der Waals surface area contributed by atoms with Crippen LogP contribution in [0.4, 0.5) is 0 Å². The summed E-state index contributed by atoms with van der Waals surface area (Å²) in [4.78, 5) is 25.3. The number of amides is 1. The molecule has 1 aromatic carbocycles. The monoisotopic (exact) mass is 349 g/mol. The number of hydrogen-bond donors (Lipinski definition) is 1. The molecule has 7 nitrogen and oxygen atoms in total. The Balaban J connectivity index is 1.63. The van der Waals surface area contributed by atoms with Crippen LogP contribution in [0.3, 0.4) is 0 Å². The van der Waals surface area contributed by atoms with Gasteiger partial charge in [0.05, 0.1) is 38.9 Å². The molecule has 0 bridgehead atoms. The number of benzene rings is 1. The van der Waals surface area contributed by atoms with E-state index in [-0.39, 0.29) is 25.0 Å². The minimum Gasteiger partial charge on any atom is -0.490 e. The van der Waals surface area contributed by atoms with Crippen molar-refractivity contribution in [3.8, 4) is 5.75 Å². The van der Waals surface area contributed by atoms with Crippen LogP contribution < -0.4 is 4.74 Å². The highest BCUT2D eigenvalue weighted by Crippen LogP contribution is 2.21. The molecule has 1 aromatic rings. The zero-order valence-electron chi connectivity index (χ0n) is 14.1. The van der Waals surface area contributed by atoms with Crippen LogP contribution in [0.2, 0.25) is 0 Å². The van der Waals surface area contributed by atoms with Crippen molar-refractivity contribution >= 4 is 11.9 Å². The van der Waals surface area contributed by atoms with Gasteiger partial charge in [-0.3, -0.25) is 9.59 Å². The number of carboxylic acid groups (broad SMARTS) is 1. The van der Waals surface area contributed by atoms with Gasteiger partial charge in [0.2, 0.25) is 0 Å². The molecule has 0 aromatic heterocycles. The van der Waals surface area contributed by atoms with Crippen LogP contribution in [0.1, 0.15) is 29.6 Å². The summed E-state index contributed by atoms with van der Waals surface area (Å²) in [6, 6.07) is 6.59. The first-order valence-corrected chi connectivity index (χ1v) is 8.58. The third-order valence-electron chi connectivity index (χ3n) is 4.47. The predicted molar refractivity (Wildman–Crippen MR) is 88.8 cm³/mol. The number of aliphatic carboxylic acids is 1. The molecule has 0 aliphatic carbocycles. The van der Waals surface area contributed by atoms with Crippen LogP contribution in [-0.4, -0.2) is 67.0 Å². The van der Waals surface area contributed by atoms with Gasteiger partial charge in [0.25, 0.3) is 5.91 Å². The minimum absolute atomic E-state index is 0.114. The van der Waals surface area contributed by atoms with Crippen LogP contribution in [-0.2, 0) is 14.3 Å². The van der Waals surface area contributed by atoms with E-state index in [1.165, 1.54) is 0 Å². The van der Waals surface area contributed by atoms with E-state index >= 15 is 0 Å². The number of rotatable bonds is 5. The van der Waals surface area contributed by atoms with Crippen LogP contribution in [0.15, 0.2) is 24.3 Å². The molecular weight excluding hydrogens is 326 g/mol. The van der Waals surface area contributed by atoms with E-state index < -0.39 is 12.0 Å². The molecule has 2 heterocycles. The molecule has 2 aliphatic heterocycles. The van der Waals surface area contributed by atoms with Crippen molar-refractivity contribution in [1.29, 1.82) is 0 Å². The molecular formula is C18H23NO6. The summed E-state index contributed by atoms with van der Waals surface area (Å²) >= 11 is 0. The van der Waals surface area contributed by atoms with Gasteiger partial charge >= 0.3 is 5.97 Å². The maximum atomic E-state index is 12.7. The second-order valence-electron chi connectivity index (χ2n) is 6.28. The van der Waals surface area contributed by atoms with Crippen molar-refractivity contribution in [3.63, 3.8) is 0 Å². The molecule has 1 amide bonds. The van der Waals surface area contributed by atoms with Crippen molar-refractivity contribution in [2.24, 2.45) is 0 Å². The highest BCUT2D eigenvalue weighted by Gasteiger charge is 2.29. The second kappa shape index (κ2) is 8.31. The lowest BCUT2D eigenvalue weighted by molar-refractivity contribution is -0.139. The SMILES string of the molecule is O=C(O)C[C@H]1COCCN1C(=O)c1ccc(OC2CCOCC2)cc1. The van der Waals surface area contributed by atoms with Gasteiger partial charge in [-0.2, -0.15) is 0 Å². The summed E-state index contributed by atoms with van der Waals surface area (Å²) < 4.78 is 16.5. The summed E-state index contributed by atoms with van der Waals surface area (Å²) in [5, 5.41) is 9.01. The molecule has 2 saturated heterocycles. The average Bonchev–Trinajstić information content (AvgIpc) is 2.63. The molecule has 0 unspecified atom stereocenters. The van der Waals surface area contributed by atoms with Gasteiger partial charge in [0.15, 0.2) is 0 Å². The molecule has 1 atom stereocenters. The fourth-order valence-electron chi connectivity index (χ4n) is 3.12. The number of carboxylic acids is 1. The van der Waals surface area contributed by atoms with Gasteiger partial charge in [-0.25, -0.2) is 0 Å². The van der Waals surface area contributed by atoms with Crippen LogP contribution in [0, 0.1) is 0 Å². The molecule has 136 valence electrons. The molecule has 1 N–H and O–H groups in total. The van der Waals surface area contributed by atoms with Crippen molar-refractivity contribution in [2.75, 3.05) is 33.0 Å². The number of carbonyl (C=O) groups is 2. The van der Waals surface area contributed by atoms with Gasteiger partial charge < -0.3 is 24.2 Å². The number of morpholine rings is 1. The maximum absolute atomic E-state index is 12.7. The number of hydrogen-bond acceptors (Lipinski definition) is 5. The normalized spacial score (nSPS) is 21.8. The van der Waals surface area contributed by atoms with Gasteiger partial charge in [0.1, 0.15) is 11.9 Å². The van der Waals surface area contributed by atoms with Crippen molar-refractivity contribution < 1.29 is 28.9 Å². The summed E-state index contributed by atoms with van der Waals surface area (Å²) in [6.45, 7) is 2.50. The quantitative estimate of drug-likeness (QED) is 0.868. The molecule has 3 rings (SSSR count). The van der Waals surface area contributed by atoms with E-state index in [0.29, 0.717) is 31.9 Å². The van der Waals surface area contributed by atoms with Crippen molar-refractivity contribution in [2.45, 2.75) is 31.4 Å². The zero-order chi connectivity index (χ0) is 17.6. The number of carbonyl (C=O) groups excluding carboxylic acids is 1. The van der Waals surface area contributed by atoms with Gasteiger partial charge in [-0.15, -0.1) is 0 Å². The Kier molecular flexibility index (Phi) is 5.88. The topological polar surface area (TPSA) is 85.3 Å². The fourth-order valence-corrected chi connectivity index (χ4v) is 3.12. The highest BCUT2D eigenvalue weighted by atomic mass is 16.5. The summed E-state index contributed by atoms with van der Waals surface area (Å²) in [5.41, 5.74) is 0.525. The Labute approximate surface area is 146 Å². The highest BCUT2D eigenvalue weighted by molar-refractivity contribution is 5.94. The van der Waals surface area contributed by atoms with Gasteiger partial charge in [-0.05, 0) is 24.3 Å². The summed E-state index contributed by atoms with van der Waals surface area (Å²) in [5.74, 6) is -0.381. The summed E-state index contributed by atoms with van der Waals surface area (Å²) in [6.07, 6.45) is 1.77. The molecule has 0 radical (unpaired) electrons. The Bertz CT molecular complexity index is 596. The molecule has 0 spiro atoms. The maximum Gasteiger partial charge on any atom is 0.305 e. The van der Waals surface area contributed by atoms with Crippen LogP contribution in [0.25, 0.3) is 0 Å². The third kappa shape index (κ3) is 4.70. The smallest absolute Gasteiger partial charge is 0.305 e. The van der Waals surface area contributed by atoms with E-state index in [2.05, 4.69) is 0 Å². The van der Waals surface area contributed by atoms with E-state index in [9.17, 15) is 9.59 Å². The van der Waals surface area contributed by atoms with E-state index in [1.54, 1.807) is 29.2 Å². The minimum atomic E-state index is -0.937. The number of ether oxygens (including phenoxy) is 3. The lowest BCUT2D eigenvalue weighted by Gasteiger charge is -2.35. The average molecular weight is 349 g/mol. The first-order valence-electron chi connectivity index (χ1n) is 8.58. The molecule has 25 heavy (non-hydrogen) atoms. The van der Waals surface area contributed by atoms with Gasteiger partial charge in [-0.1, -0.05) is 0 Å². The largest absolute Gasteiger partial charge is 0.490 e. The van der Waals surface area contributed by atoms with E-state index in [1.807, 2.05) is 0 Å². The zero-order valence-corrected chi connectivity index (χ0v) is 14.1. The summed E-state index contributed by atoms with van der Waals surface area (Å²) in [7, 11) is 0. The van der Waals surface area contributed by atoms with Crippen molar-refractivity contribution in [1.82, 2.24) is 4.90 Å². The Morgan fingerprint density at radius 2 is 1.84 bits per heavy atom.